The predicted octanol–water partition coefficient (Wildman–Crippen LogP) is 1.75. The lowest BCUT2D eigenvalue weighted by molar-refractivity contribution is 0.233. The summed E-state index contributed by atoms with van der Waals surface area (Å²) in [6.07, 6.45) is 1.88. The summed E-state index contributed by atoms with van der Waals surface area (Å²) in [5, 5.41) is 7.67. The normalized spacial score (nSPS) is 11.0. The predicted molar refractivity (Wildman–Crippen MR) is 49.7 cm³/mol. The fourth-order valence-electron chi connectivity index (χ4n) is 1.12. The smallest absolute Gasteiger partial charge is 0.215 e. The zero-order valence-corrected chi connectivity index (χ0v) is 7.61. The number of nitrogens with zero attached hydrogens (tertiary/aromatic N) is 2. The van der Waals surface area contributed by atoms with E-state index < -0.39 is 0 Å². The fourth-order valence-corrected chi connectivity index (χ4v) is 1.12. The molecule has 0 aliphatic carbocycles. The quantitative estimate of drug-likeness (QED) is 0.760. The molecular formula is C9H11N3O. The van der Waals surface area contributed by atoms with Crippen LogP contribution in [0.15, 0.2) is 18.3 Å². The molecule has 2 heterocycles. The molecule has 4 heteroatoms. The molecule has 0 aliphatic rings. The number of ether oxygens (including phenoxy) is 1. The first kappa shape index (κ1) is 8.04. The van der Waals surface area contributed by atoms with Crippen LogP contribution in [0.4, 0.5) is 0 Å². The number of aromatic amines is 1. The second-order valence-electron chi connectivity index (χ2n) is 3.12. The van der Waals surface area contributed by atoms with Gasteiger partial charge in [0.25, 0.3) is 0 Å². The molecule has 0 radical (unpaired) electrons. The number of nitrogens with one attached hydrogen (secondary N) is 1. The van der Waals surface area contributed by atoms with Crippen LogP contribution in [0.5, 0.6) is 5.88 Å². The molecule has 1 N–H and O–H groups in total. The number of H-pyrrole nitrogens is 1. The van der Waals surface area contributed by atoms with Gasteiger partial charge >= 0.3 is 0 Å². The molecule has 2 aromatic heterocycles. The first-order valence-corrected chi connectivity index (χ1v) is 4.22. The Morgan fingerprint density at radius 2 is 2.23 bits per heavy atom. The average Bonchev–Trinajstić information content (AvgIpc) is 2.49. The number of fused-ring (bicyclic) bond motifs is 1. The van der Waals surface area contributed by atoms with Gasteiger partial charge in [-0.15, -0.1) is 0 Å². The monoisotopic (exact) mass is 177 g/mol. The molecule has 0 amide bonds. The highest BCUT2D eigenvalue weighted by Gasteiger charge is 2.01. The van der Waals surface area contributed by atoms with Crippen LogP contribution < -0.4 is 4.74 Å². The highest BCUT2D eigenvalue weighted by atomic mass is 16.5. The molecule has 0 saturated heterocycles. The molecule has 4 nitrogen and oxygen atoms in total. The molecule has 0 aliphatic heterocycles. The maximum atomic E-state index is 5.43. The van der Waals surface area contributed by atoms with Gasteiger partial charge in [-0.05, 0) is 19.9 Å². The van der Waals surface area contributed by atoms with Crippen molar-refractivity contribution in [2.24, 2.45) is 0 Å². The zero-order chi connectivity index (χ0) is 9.26. The molecule has 2 rings (SSSR count). The van der Waals surface area contributed by atoms with Gasteiger partial charge in [0, 0.05) is 11.5 Å². The van der Waals surface area contributed by atoms with Crippen molar-refractivity contribution in [3.05, 3.63) is 18.3 Å². The standard InChI is InChI=1S/C9H11N3O/c1-6(2)13-8-4-3-7-5-10-12-9(7)11-8/h3-6H,1-2H3,(H,10,11,12). The van der Waals surface area contributed by atoms with Crippen LogP contribution in [-0.4, -0.2) is 21.3 Å². The van der Waals surface area contributed by atoms with Gasteiger partial charge in [-0.25, -0.2) is 0 Å². The maximum Gasteiger partial charge on any atom is 0.215 e. The lowest BCUT2D eigenvalue weighted by atomic mass is 10.3. The molecule has 0 aromatic carbocycles. The Balaban J connectivity index is 2.37. The summed E-state index contributed by atoms with van der Waals surface area (Å²) in [6.45, 7) is 3.94. The molecule has 2 aromatic rings. The van der Waals surface area contributed by atoms with E-state index in [-0.39, 0.29) is 6.10 Å². The van der Waals surface area contributed by atoms with Gasteiger partial charge in [-0.2, -0.15) is 10.1 Å². The number of hydrogen-bond donors (Lipinski definition) is 1. The van der Waals surface area contributed by atoms with Crippen molar-refractivity contribution in [2.75, 3.05) is 0 Å². The number of rotatable bonds is 2. The van der Waals surface area contributed by atoms with Crippen LogP contribution in [0.25, 0.3) is 11.0 Å². The summed E-state index contributed by atoms with van der Waals surface area (Å²) in [5.74, 6) is 0.631. The SMILES string of the molecule is CC(C)Oc1ccc2cn[nH]c2n1. The van der Waals surface area contributed by atoms with E-state index in [4.69, 9.17) is 4.74 Å². The van der Waals surface area contributed by atoms with E-state index in [9.17, 15) is 0 Å². The zero-order valence-electron chi connectivity index (χ0n) is 7.61. The molecule has 68 valence electrons. The minimum atomic E-state index is 0.146. The molecule has 13 heavy (non-hydrogen) atoms. The van der Waals surface area contributed by atoms with Crippen LogP contribution in [0.3, 0.4) is 0 Å². The Labute approximate surface area is 75.9 Å². The van der Waals surface area contributed by atoms with E-state index in [1.807, 2.05) is 26.0 Å². The topological polar surface area (TPSA) is 50.8 Å². The van der Waals surface area contributed by atoms with Crippen LogP contribution in [-0.2, 0) is 0 Å². The minimum absolute atomic E-state index is 0.146. The lowest BCUT2D eigenvalue weighted by Gasteiger charge is -2.07. The number of aromatic nitrogens is 3. The van der Waals surface area contributed by atoms with Crippen molar-refractivity contribution < 1.29 is 4.74 Å². The maximum absolute atomic E-state index is 5.43. The summed E-state index contributed by atoms with van der Waals surface area (Å²) in [7, 11) is 0. The Kier molecular flexibility index (Phi) is 1.88. The van der Waals surface area contributed by atoms with Gasteiger partial charge in [0.1, 0.15) is 0 Å². The Morgan fingerprint density at radius 3 is 3.00 bits per heavy atom. The molecule has 0 saturated carbocycles. The van der Waals surface area contributed by atoms with Crippen LogP contribution in [0.1, 0.15) is 13.8 Å². The van der Waals surface area contributed by atoms with E-state index in [0.29, 0.717) is 5.88 Å². The Hall–Kier alpha value is -1.58. The van der Waals surface area contributed by atoms with Gasteiger partial charge < -0.3 is 4.74 Å². The molecule has 0 unspecified atom stereocenters. The van der Waals surface area contributed by atoms with E-state index in [0.717, 1.165) is 11.0 Å². The molecule has 0 bridgehead atoms. The van der Waals surface area contributed by atoms with Crippen LogP contribution in [0, 0.1) is 0 Å². The first-order chi connectivity index (χ1) is 6.25. The van der Waals surface area contributed by atoms with Crippen molar-refractivity contribution in [3.63, 3.8) is 0 Å². The molecular weight excluding hydrogens is 166 g/mol. The second-order valence-corrected chi connectivity index (χ2v) is 3.12. The third-order valence-electron chi connectivity index (χ3n) is 1.63. The highest BCUT2D eigenvalue weighted by Crippen LogP contribution is 2.14. The summed E-state index contributed by atoms with van der Waals surface area (Å²) in [6, 6.07) is 3.78. The van der Waals surface area contributed by atoms with Gasteiger partial charge in [-0.3, -0.25) is 5.10 Å². The third-order valence-corrected chi connectivity index (χ3v) is 1.63. The van der Waals surface area contributed by atoms with E-state index in [1.165, 1.54) is 0 Å². The van der Waals surface area contributed by atoms with Gasteiger partial charge in [0.05, 0.1) is 12.3 Å². The van der Waals surface area contributed by atoms with Crippen molar-refractivity contribution in [1.82, 2.24) is 15.2 Å². The Bertz CT molecular complexity index is 408. The summed E-state index contributed by atoms with van der Waals surface area (Å²) >= 11 is 0. The van der Waals surface area contributed by atoms with Crippen LogP contribution in [0.2, 0.25) is 0 Å². The summed E-state index contributed by atoms with van der Waals surface area (Å²) in [4.78, 5) is 4.24. The van der Waals surface area contributed by atoms with Crippen LogP contribution >= 0.6 is 0 Å². The number of pyridine rings is 1. The van der Waals surface area contributed by atoms with Gasteiger partial charge in [0.2, 0.25) is 5.88 Å². The highest BCUT2D eigenvalue weighted by molar-refractivity contribution is 5.74. The van der Waals surface area contributed by atoms with Gasteiger partial charge in [-0.1, -0.05) is 0 Å². The van der Waals surface area contributed by atoms with Crippen molar-refractivity contribution in [2.45, 2.75) is 20.0 Å². The molecule has 0 fully saturated rings. The summed E-state index contributed by atoms with van der Waals surface area (Å²) < 4.78 is 5.43. The van der Waals surface area contributed by atoms with Crippen molar-refractivity contribution in [1.29, 1.82) is 0 Å². The minimum Gasteiger partial charge on any atom is -0.475 e. The lowest BCUT2D eigenvalue weighted by Crippen LogP contribution is -2.06. The summed E-state index contributed by atoms with van der Waals surface area (Å²) in [5.41, 5.74) is 0.762. The Morgan fingerprint density at radius 1 is 1.38 bits per heavy atom. The second kappa shape index (κ2) is 3.05. The fraction of sp³-hybridized carbons (Fsp3) is 0.333. The van der Waals surface area contributed by atoms with E-state index >= 15 is 0 Å². The number of hydrogen-bond acceptors (Lipinski definition) is 3. The van der Waals surface area contributed by atoms with Crippen molar-refractivity contribution in [3.8, 4) is 5.88 Å². The molecule has 0 spiro atoms. The average molecular weight is 177 g/mol. The largest absolute Gasteiger partial charge is 0.475 e. The third kappa shape index (κ3) is 1.61. The molecule has 0 atom stereocenters. The van der Waals surface area contributed by atoms with Gasteiger partial charge in [0.15, 0.2) is 5.65 Å². The first-order valence-electron chi connectivity index (χ1n) is 4.22. The van der Waals surface area contributed by atoms with Crippen molar-refractivity contribution >= 4 is 11.0 Å². The van der Waals surface area contributed by atoms with E-state index in [2.05, 4.69) is 15.2 Å². The van der Waals surface area contributed by atoms with E-state index in [1.54, 1.807) is 6.20 Å².